The van der Waals surface area contributed by atoms with E-state index in [0.29, 0.717) is 11.0 Å². The fourth-order valence-electron chi connectivity index (χ4n) is 4.22. The van der Waals surface area contributed by atoms with Crippen LogP contribution in [-0.4, -0.2) is 39.1 Å². The van der Waals surface area contributed by atoms with Crippen molar-refractivity contribution in [2.75, 3.05) is 25.0 Å². The zero-order valence-corrected chi connectivity index (χ0v) is 18.2. The smallest absolute Gasteiger partial charge is 0.247 e. The van der Waals surface area contributed by atoms with Crippen LogP contribution in [0.5, 0.6) is 0 Å². The average Bonchev–Trinajstić information content (AvgIpc) is 3.44. The lowest BCUT2D eigenvalue weighted by molar-refractivity contribution is 0.334. The molecule has 1 saturated heterocycles. The van der Waals surface area contributed by atoms with Gasteiger partial charge in [0.2, 0.25) is 5.95 Å². The summed E-state index contributed by atoms with van der Waals surface area (Å²) in [4.78, 5) is 7.21. The van der Waals surface area contributed by atoms with Gasteiger partial charge in [0.15, 0.2) is 5.65 Å². The Bertz CT molecular complexity index is 1160. The number of anilines is 2. The number of nitrogens with one attached hydrogen (secondary N) is 1. The van der Waals surface area contributed by atoms with Gasteiger partial charge < -0.3 is 10.2 Å². The summed E-state index contributed by atoms with van der Waals surface area (Å²) in [5, 5.41) is 8.71. The summed E-state index contributed by atoms with van der Waals surface area (Å²) in [6.07, 6.45) is 5.05. The van der Waals surface area contributed by atoms with Gasteiger partial charge in [-0.15, -0.1) is 5.10 Å². The van der Waals surface area contributed by atoms with Crippen LogP contribution in [0.2, 0.25) is 5.02 Å². The molecule has 0 unspecified atom stereocenters. The summed E-state index contributed by atoms with van der Waals surface area (Å²) in [5.41, 5.74) is 5.11. The minimum Gasteiger partial charge on any atom is -0.323 e. The Hall–Kier alpha value is -2.89. The molecular formula is C25H26ClN5. The number of likely N-dealkylation sites (tertiary alicyclic amines) is 1. The lowest BCUT2D eigenvalue weighted by atomic mass is 10.1. The fraction of sp³-hybridized carbons (Fsp3) is 0.280. The zero-order valence-electron chi connectivity index (χ0n) is 17.5. The van der Waals surface area contributed by atoms with Crippen LogP contribution in [0.25, 0.3) is 16.9 Å². The van der Waals surface area contributed by atoms with Crippen LogP contribution in [0.4, 0.5) is 11.6 Å². The first-order valence-corrected chi connectivity index (χ1v) is 11.3. The summed E-state index contributed by atoms with van der Waals surface area (Å²) in [6.45, 7) is 3.75. The number of benzene rings is 2. The Morgan fingerprint density at radius 3 is 2.55 bits per heavy atom. The third-order valence-corrected chi connectivity index (χ3v) is 6.06. The van der Waals surface area contributed by atoms with E-state index in [1.807, 2.05) is 47.0 Å². The maximum Gasteiger partial charge on any atom is 0.247 e. The summed E-state index contributed by atoms with van der Waals surface area (Å²) >= 11 is 6.18. The molecule has 0 saturated carbocycles. The molecule has 0 atom stereocenters. The number of hydrogen-bond donors (Lipinski definition) is 1. The highest BCUT2D eigenvalue weighted by Crippen LogP contribution is 2.24. The van der Waals surface area contributed by atoms with E-state index in [1.165, 1.54) is 44.5 Å². The number of rotatable bonds is 7. The second kappa shape index (κ2) is 9.08. The Kier molecular flexibility index (Phi) is 5.87. The van der Waals surface area contributed by atoms with E-state index in [-0.39, 0.29) is 0 Å². The van der Waals surface area contributed by atoms with Gasteiger partial charge in [-0.1, -0.05) is 41.9 Å². The lowest BCUT2D eigenvalue weighted by Crippen LogP contribution is -2.20. The van der Waals surface area contributed by atoms with Gasteiger partial charge in [0.25, 0.3) is 0 Å². The molecule has 0 amide bonds. The van der Waals surface area contributed by atoms with Gasteiger partial charge >= 0.3 is 0 Å². The van der Waals surface area contributed by atoms with Crippen molar-refractivity contribution in [1.82, 2.24) is 19.5 Å². The van der Waals surface area contributed by atoms with E-state index in [2.05, 4.69) is 44.6 Å². The van der Waals surface area contributed by atoms with Gasteiger partial charge in [-0.3, -0.25) is 0 Å². The maximum absolute atomic E-state index is 6.18. The highest BCUT2D eigenvalue weighted by molar-refractivity contribution is 6.30. The highest BCUT2D eigenvalue weighted by atomic mass is 35.5. The van der Waals surface area contributed by atoms with E-state index in [4.69, 9.17) is 11.6 Å². The quantitative estimate of drug-likeness (QED) is 0.400. The van der Waals surface area contributed by atoms with Gasteiger partial charge in [0.1, 0.15) is 0 Å². The predicted molar refractivity (Wildman–Crippen MR) is 127 cm³/mol. The van der Waals surface area contributed by atoms with Crippen LogP contribution in [0, 0.1) is 0 Å². The third kappa shape index (κ3) is 4.73. The number of nitrogens with zero attached hydrogens (tertiary/aromatic N) is 4. The molecule has 0 aliphatic carbocycles. The van der Waals surface area contributed by atoms with E-state index in [9.17, 15) is 0 Å². The van der Waals surface area contributed by atoms with Gasteiger partial charge in [0, 0.05) is 16.3 Å². The van der Waals surface area contributed by atoms with Crippen molar-refractivity contribution >= 4 is 28.9 Å². The molecule has 31 heavy (non-hydrogen) atoms. The molecule has 1 aliphatic heterocycles. The third-order valence-electron chi connectivity index (χ3n) is 5.83. The van der Waals surface area contributed by atoms with Crippen LogP contribution in [0.3, 0.4) is 0 Å². The first kappa shape index (κ1) is 20.0. The average molecular weight is 432 g/mol. The second-order valence-electron chi connectivity index (χ2n) is 8.10. The molecule has 1 N–H and O–H groups in total. The Balaban J connectivity index is 1.27. The van der Waals surface area contributed by atoms with Crippen LogP contribution in [-0.2, 0) is 6.42 Å². The number of aryl methyl sites for hydroxylation is 1. The molecular weight excluding hydrogens is 406 g/mol. The van der Waals surface area contributed by atoms with Crippen molar-refractivity contribution in [3.63, 3.8) is 0 Å². The van der Waals surface area contributed by atoms with Crippen molar-refractivity contribution in [2.24, 2.45) is 0 Å². The molecule has 2 aromatic heterocycles. The monoisotopic (exact) mass is 431 g/mol. The van der Waals surface area contributed by atoms with Crippen molar-refractivity contribution in [3.05, 3.63) is 77.3 Å². The normalized spacial score (nSPS) is 14.4. The van der Waals surface area contributed by atoms with Gasteiger partial charge in [0.05, 0.1) is 5.69 Å². The Morgan fingerprint density at radius 1 is 0.935 bits per heavy atom. The summed E-state index contributed by atoms with van der Waals surface area (Å²) < 4.78 is 1.85. The highest BCUT2D eigenvalue weighted by Gasteiger charge is 2.11. The SMILES string of the molecule is Clc1cccc(-c2cccc3nc(Nc4ccc(CCCN5CCCC5)cc4)nn23)c1. The summed E-state index contributed by atoms with van der Waals surface area (Å²) in [5.74, 6) is 0.580. The molecule has 0 bridgehead atoms. The van der Waals surface area contributed by atoms with Gasteiger partial charge in [-0.25, -0.2) is 4.52 Å². The number of hydrogen-bond acceptors (Lipinski definition) is 4. The fourth-order valence-corrected chi connectivity index (χ4v) is 4.41. The van der Waals surface area contributed by atoms with Crippen LogP contribution in [0.15, 0.2) is 66.7 Å². The number of halogens is 1. The van der Waals surface area contributed by atoms with Crippen LogP contribution < -0.4 is 5.32 Å². The lowest BCUT2D eigenvalue weighted by Gasteiger charge is -2.14. The first-order chi connectivity index (χ1) is 15.2. The molecule has 5 nitrogen and oxygen atoms in total. The van der Waals surface area contributed by atoms with Crippen molar-refractivity contribution in [2.45, 2.75) is 25.7 Å². The molecule has 4 aromatic rings. The molecule has 1 aliphatic rings. The molecule has 0 radical (unpaired) electrons. The minimum atomic E-state index is 0.580. The predicted octanol–water partition coefficient (Wildman–Crippen LogP) is 5.82. The first-order valence-electron chi connectivity index (χ1n) is 10.9. The van der Waals surface area contributed by atoms with Crippen molar-refractivity contribution in [1.29, 1.82) is 0 Å². The zero-order chi connectivity index (χ0) is 21.0. The topological polar surface area (TPSA) is 45.5 Å². The molecule has 2 aromatic carbocycles. The van der Waals surface area contributed by atoms with Gasteiger partial charge in [-0.2, -0.15) is 4.98 Å². The molecule has 6 heteroatoms. The van der Waals surface area contributed by atoms with E-state index < -0.39 is 0 Å². The number of fused-ring (bicyclic) bond motifs is 1. The largest absolute Gasteiger partial charge is 0.323 e. The van der Waals surface area contributed by atoms with Crippen LogP contribution >= 0.6 is 11.6 Å². The minimum absolute atomic E-state index is 0.580. The Morgan fingerprint density at radius 2 is 1.74 bits per heavy atom. The van der Waals surface area contributed by atoms with Crippen LogP contribution in [0.1, 0.15) is 24.8 Å². The summed E-state index contributed by atoms with van der Waals surface area (Å²) in [6, 6.07) is 22.3. The van der Waals surface area contributed by atoms with Gasteiger partial charge in [-0.05, 0) is 87.3 Å². The number of pyridine rings is 1. The molecule has 1 fully saturated rings. The number of aromatic nitrogens is 3. The van der Waals surface area contributed by atoms with E-state index in [0.717, 1.165) is 29.0 Å². The molecule has 158 valence electrons. The molecule has 0 spiro atoms. The molecule has 3 heterocycles. The van der Waals surface area contributed by atoms with Crippen molar-refractivity contribution in [3.8, 4) is 11.3 Å². The second-order valence-corrected chi connectivity index (χ2v) is 8.54. The van der Waals surface area contributed by atoms with E-state index in [1.54, 1.807) is 0 Å². The summed E-state index contributed by atoms with van der Waals surface area (Å²) in [7, 11) is 0. The molecule has 5 rings (SSSR count). The standard InChI is InChI=1S/C25H26ClN5/c26-21-8-3-7-20(18-21)23-9-4-10-24-28-25(29-31(23)24)27-22-13-11-19(12-14-22)6-5-17-30-15-1-2-16-30/h3-4,7-14,18H,1-2,5-6,15-17H2,(H,27,29). The maximum atomic E-state index is 6.18. The van der Waals surface area contributed by atoms with E-state index >= 15 is 0 Å². The Labute approximate surface area is 187 Å². The van der Waals surface area contributed by atoms with Crippen molar-refractivity contribution < 1.29 is 0 Å².